The highest BCUT2D eigenvalue weighted by Gasteiger charge is 2.16. The zero-order chi connectivity index (χ0) is 40.5. The van der Waals surface area contributed by atoms with Gasteiger partial charge in [0.2, 0.25) is 0 Å². The lowest BCUT2D eigenvalue weighted by Gasteiger charge is -2.12. The maximum Gasteiger partial charge on any atom is 0.164 e. The van der Waals surface area contributed by atoms with Gasteiger partial charge < -0.3 is 0 Å². The molecule has 4 heteroatoms. The first-order valence-electron chi connectivity index (χ1n) is 20.5. The molecule has 0 aliphatic carbocycles. The predicted molar refractivity (Wildman–Crippen MR) is 256 cm³/mol. The summed E-state index contributed by atoms with van der Waals surface area (Å²) >= 11 is 1.86. The maximum atomic E-state index is 5.12. The van der Waals surface area contributed by atoms with Crippen LogP contribution in [0.15, 0.2) is 224 Å². The van der Waals surface area contributed by atoms with Crippen molar-refractivity contribution in [2.24, 2.45) is 0 Å². The third-order valence-electron chi connectivity index (χ3n) is 11.4. The van der Waals surface area contributed by atoms with Gasteiger partial charge in [-0.1, -0.05) is 212 Å². The lowest BCUT2D eigenvalue weighted by Crippen LogP contribution is -2.01. The summed E-state index contributed by atoms with van der Waals surface area (Å²) in [5.74, 6) is 1.90. The van der Waals surface area contributed by atoms with E-state index in [0.29, 0.717) is 17.5 Å². The van der Waals surface area contributed by atoms with E-state index in [2.05, 4.69) is 206 Å². The minimum Gasteiger partial charge on any atom is -0.208 e. The third-order valence-corrected chi connectivity index (χ3v) is 12.6. The molecule has 2 heterocycles. The van der Waals surface area contributed by atoms with Gasteiger partial charge in [0.1, 0.15) is 0 Å². The standard InChI is InChI=1S/C57H37N3S/c1-3-11-38(12-4-1)39-27-31-46(32-28-39)55-58-56(60-57(59-55)52-17-8-7-15-49(52)45-13-5-2-6-14-45)47-33-29-43(30-34-47)41-21-19-40(20-22-41)42-23-25-44(26-24-42)48-35-36-51-50-16-9-10-18-53(50)61-54(51)37-48/h1-37H. The van der Waals surface area contributed by atoms with Crippen LogP contribution >= 0.6 is 11.3 Å². The molecule has 11 aromatic rings. The van der Waals surface area contributed by atoms with Gasteiger partial charge in [-0.15, -0.1) is 11.3 Å². The minimum atomic E-state index is 0.629. The molecule has 286 valence electrons. The van der Waals surface area contributed by atoms with Crippen LogP contribution in [0, 0.1) is 0 Å². The van der Waals surface area contributed by atoms with Gasteiger partial charge in [-0.2, -0.15) is 0 Å². The first-order chi connectivity index (χ1) is 30.2. The van der Waals surface area contributed by atoms with E-state index in [-0.39, 0.29) is 0 Å². The average molecular weight is 796 g/mol. The Morgan fingerprint density at radius 1 is 0.230 bits per heavy atom. The van der Waals surface area contributed by atoms with E-state index in [0.717, 1.165) is 44.5 Å². The molecule has 0 saturated heterocycles. The monoisotopic (exact) mass is 795 g/mol. The summed E-state index contributed by atoms with van der Waals surface area (Å²) in [6.45, 7) is 0. The van der Waals surface area contributed by atoms with Crippen molar-refractivity contribution in [1.82, 2.24) is 15.0 Å². The van der Waals surface area contributed by atoms with Gasteiger partial charge in [0.25, 0.3) is 0 Å². The smallest absolute Gasteiger partial charge is 0.164 e. The Balaban J connectivity index is 0.880. The van der Waals surface area contributed by atoms with Crippen LogP contribution in [-0.4, -0.2) is 15.0 Å². The van der Waals surface area contributed by atoms with Gasteiger partial charge in [-0.3, -0.25) is 0 Å². The number of hydrogen-bond donors (Lipinski definition) is 0. The van der Waals surface area contributed by atoms with E-state index < -0.39 is 0 Å². The van der Waals surface area contributed by atoms with Crippen molar-refractivity contribution >= 4 is 31.5 Å². The highest BCUT2D eigenvalue weighted by atomic mass is 32.1. The van der Waals surface area contributed by atoms with Crippen LogP contribution in [0.25, 0.3) is 110 Å². The van der Waals surface area contributed by atoms with Crippen LogP contribution < -0.4 is 0 Å². The van der Waals surface area contributed by atoms with E-state index in [1.54, 1.807) is 0 Å². The van der Waals surface area contributed by atoms with Crippen molar-refractivity contribution in [2.75, 3.05) is 0 Å². The van der Waals surface area contributed by atoms with Crippen LogP contribution in [0.3, 0.4) is 0 Å². The summed E-state index contributed by atoms with van der Waals surface area (Å²) < 4.78 is 2.65. The molecule has 3 nitrogen and oxygen atoms in total. The summed E-state index contributed by atoms with van der Waals surface area (Å²) in [7, 11) is 0. The number of benzene rings is 9. The largest absolute Gasteiger partial charge is 0.208 e. The van der Waals surface area contributed by atoms with E-state index in [1.807, 2.05) is 29.5 Å². The molecule has 0 amide bonds. The first kappa shape index (κ1) is 36.3. The number of fused-ring (bicyclic) bond motifs is 3. The number of aromatic nitrogens is 3. The Morgan fingerprint density at radius 2 is 0.590 bits per heavy atom. The van der Waals surface area contributed by atoms with Crippen LogP contribution in [0.5, 0.6) is 0 Å². The Hall–Kier alpha value is -7.79. The van der Waals surface area contributed by atoms with Crippen molar-refractivity contribution in [3.8, 4) is 89.8 Å². The van der Waals surface area contributed by atoms with Crippen molar-refractivity contribution in [2.45, 2.75) is 0 Å². The third kappa shape index (κ3) is 7.20. The molecule has 2 aromatic heterocycles. The molecule has 9 aromatic carbocycles. The molecule has 0 radical (unpaired) electrons. The summed E-state index contributed by atoms with van der Waals surface area (Å²) in [4.78, 5) is 15.3. The van der Waals surface area contributed by atoms with Gasteiger partial charge in [0.15, 0.2) is 17.5 Å². The molecule has 0 atom stereocenters. The van der Waals surface area contributed by atoms with Crippen molar-refractivity contribution in [1.29, 1.82) is 0 Å². The SMILES string of the molecule is c1ccc(-c2ccc(-c3nc(-c4ccc(-c5ccc(-c6ccc(-c7ccc8c(c7)sc7ccccc78)cc6)cc5)cc4)nc(-c4ccccc4-c4ccccc4)n3)cc2)cc1. The number of nitrogens with zero attached hydrogens (tertiary/aromatic N) is 3. The fraction of sp³-hybridized carbons (Fsp3) is 0. The topological polar surface area (TPSA) is 38.7 Å². The first-order valence-corrected chi connectivity index (χ1v) is 21.3. The van der Waals surface area contributed by atoms with Gasteiger partial charge in [0.05, 0.1) is 0 Å². The Morgan fingerprint density at radius 3 is 1.13 bits per heavy atom. The minimum absolute atomic E-state index is 0.629. The zero-order valence-corrected chi connectivity index (χ0v) is 33.9. The molecule has 11 rings (SSSR count). The lowest BCUT2D eigenvalue weighted by molar-refractivity contribution is 1.07. The summed E-state index contributed by atoms with van der Waals surface area (Å²) in [5.41, 5.74) is 14.4. The molecule has 0 saturated carbocycles. The van der Waals surface area contributed by atoms with Gasteiger partial charge in [0, 0.05) is 36.9 Å². The molecule has 61 heavy (non-hydrogen) atoms. The van der Waals surface area contributed by atoms with Gasteiger partial charge in [-0.25, -0.2) is 15.0 Å². The second-order valence-electron chi connectivity index (χ2n) is 15.2. The highest BCUT2D eigenvalue weighted by molar-refractivity contribution is 7.25. The van der Waals surface area contributed by atoms with Crippen molar-refractivity contribution < 1.29 is 0 Å². The van der Waals surface area contributed by atoms with E-state index in [1.165, 1.54) is 48.0 Å². The highest BCUT2D eigenvalue weighted by Crippen LogP contribution is 2.38. The Kier molecular flexibility index (Phi) is 9.38. The van der Waals surface area contributed by atoms with Crippen LogP contribution in [0.1, 0.15) is 0 Å². The van der Waals surface area contributed by atoms with Gasteiger partial charge in [-0.05, 0) is 67.8 Å². The predicted octanol–water partition coefficient (Wildman–Crippen LogP) is 15.6. The fourth-order valence-electron chi connectivity index (χ4n) is 8.17. The zero-order valence-electron chi connectivity index (χ0n) is 33.1. The molecule has 0 spiro atoms. The fourth-order valence-corrected chi connectivity index (χ4v) is 9.32. The Bertz CT molecular complexity index is 3300. The summed E-state index contributed by atoms with van der Waals surface area (Å²) in [6.07, 6.45) is 0. The molecule has 0 aliphatic heterocycles. The molecule has 0 N–H and O–H groups in total. The second-order valence-corrected chi connectivity index (χ2v) is 16.3. The van der Waals surface area contributed by atoms with Crippen molar-refractivity contribution in [3.63, 3.8) is 0 Å². The summed E-state index contributed by atoms with van der Waals surface area (Å²) in [5, 5.41) is 2.66. The molecule has 0 bridgehead atoms. The quantitative estimate of drug-likeness (QED) is 0.154. The van der Waals surface area contributed by atoms with Crippen LogP contribution in [-0.2, 0) is 0 Å². The van der Waals surface area contributed by atoms with Crippen LogP contribution in [0.4, 0.5) is 0 Å². The van der Waals surface area contributed by atoms with Crippen LogP contribution in [0.2, 0.25) is 0 Å². The average Bonchev–Trinajstić information content (AvgIpc) is 3.73. The molecular formula is C57H37N3S. The normalized spacial score (nSPS) is 11.3. The maximum absolute atomic E-state index is 5.12. The number of rotatable bonds is 8. The number of thiophene rings is 1. The van der Waals surface area contributed by atoms with E-state index in [4.69, 9.17) is 15.0 Å². The van der Waals surface area contributed by atoms with Gasteiger partial charge >= 0.3 is 0 Å². The van der Waals surface area contributed by atoms with Crippen molar-refractivity contribution in [3.05, 3.63) is 224 Å². The number of hydrogen-bond acceptors (Lipinski definition) is 4. The second kappa shape index (κ2) is 15.8. The Labute approximate surface area is 359 Å². The summed E-state index contributed by atoms with van der Waals surface area (Å²) in [6, 6.07) is 79.4. The lowest BCUT2D eigenvalue weighted by atomic mass is 9.97. The molecule has 0 unspecified atom stereocenters. The van der Waals surface area contributed by atoms with E-state index >= 15 is 0 Å². The molecular weight excluding hydrogens is 759 g/mol. The molecule has 0 aliphatic rings. The van der Waals surface area contributed by atoms with E-state index in [9.17, 15) is 0 Å². The molecule has 0 fully saturated rings.